The number of carbonyl (C=O) groups is 3. The van der Waals surface area contributed by atoms with Gasteiger partial charge in [0, 0.05) is 41.2 Å². The standard InChI is InChI=1S/C46H53FN4O7S2/c1-27(2)37-26-59-43(49-37)36-22-41(35-18-19-40(57-4)28(3)42(35)48-36)58-33-21-38-39(52)24-46(45(54)50-60(55,56)34-16-17-34)23-31(46)11-9-7-5-6-8-10-30(44(53)51(38)25-33)20-29-12-14-32(47)15-13-29/h9,11-15,18-19,22,26-27,30-31,33-34,38H,5-8,10,16-17,20-21,23-25H2,1-4H3,(H,50,54)/b11-9-/t30-,31-,33-,38+,46-/m1/s1. The van der Waals surface area contributed by atoms with Gasteiger partial charge in [-0.05, 0) is 93.5 Å². The number of halogens is 1. The van der Waals surface area contributed by atoms with Crippen LogP contribution in [-0.4, -0.2) is 71.9 Å². The van der Waals surface area contributed by atoms with Crippen LogP contribution >= 0.6 is 11.3 Å². The second-order valence-corrected chi connectivity index (χ2v) is 20.2. The number of carbonyl (C=O) groups excluding carboxylic acids is 3. The van der Waals surface area contributed by atoms with Crippen LogP contribution in [-0.2, 0) is 30.8 Å². The van der Waals surface area contributed by atoms with E-state index in [4.69, 9.17) is 19.4 Å². The summed E-state index contributed by atoms with van der Waals surface area (Å²) in [7, 11) is -2.24. The highest BCUT2D eigenvalue weighted by Crippen LogP contribution is 2.57. The molecule has 2 aliphatic heterocycles. The van der Waals surface area contributed by atoms with E-state index in [0.29, 0.717) is 54.8 Å². The largest absolute Gasteiger partial charge is 0.496 e. The topological polar surface area (TPSA) is 145 Å². The van der Waals surface area contributed by atoms with Crippen LogP contribution in [0.4, 0.5) is 4.39 Å². The number of Topliss-reactive ketones (excluding diaryl/α,β-unsaturated/α-hetero) is 1. The molecule has 0 spiro atoms. The Morgan fingerprint density at radius 1 is 1.05 bits per heavy atom. The molecule has 11 nitrogen and oxygen atoms in total. The number of amides is 2. The van der Waals surface area contributed by atoms with Gasteiger partial charge in [0.05, 0.1) is 41.6 Å². The van der Waals surface area contributed by atoms with Crippen LogP contribution in [0.2, 0.25) is 0 Å². The number of rotatable bonds is 10. The molecule has 2 amide bonds. The molecule has 5 atom stereocenters. The van der Waals surface area contributed by atoms with Crippen molar-refractivity contribution in [3.05, 3.63) is 82.6 Å². The van der Waals surface area contributed by atoms with Crippen molar-refractivity contribution in [3.8, 4) is 22.2 Å². The van der Waals surface area contributed by atoms with Gasteiger partial charge in [-0.2, -0.15) is 0 Å². The molecule has 60 heavy (non-hydrogen) atoms. The number of methoxy groups -OCH3 is 1. The Morgan fingerprint density at radius 2 is 1.83 bits per heavy atom. The normalized spacial score (nSPS) is 25.6. The minimum atomic E-state index is -3.85. The number of nitrogens with zero attached hydrogens (tertiary/aromatic N) is 3. The molecule has 1 N–H and O–H groups in total. The van der Waals surface area contributed by atoms with Crippen LogP contribution < -0.4 is 14.2 Å². The lowest BCUT2D eigenvalue weighted by Crippen LogP contribution is -2.46. The average molecular weight is 857 g/mol. The first-order chi connectivity index (χ1) is 28.8. The number of aromatic nitrogens is 2. The Hall–Kier alpha value is -4.69. The molecule has 8 rings (SSSR count). The number of hydrogen-bond donors (Lipinski definition) is 1. The summed E-state index contributed by atoms with van der Waals surface area (Å²) in [5, 5.41) is 2.92. The van der Waals surface area contributed by atoms with E-state index in [1.165, 1.54) is 23.5 Å². The molecule has 4 aliphatic rings. The maximum absolute atomic E-state index is 14.9. The highest BCUT2D eigenvalue weighted by molar-refractivity contribution is 7.90. The lowest BCUT2D eigenvalue weighted by atomic mass is 9.90. The van der Waals surface area contributed by atoms with Gasteiger partial charge in [-0.1, -0.05) is 51.0 Å². The van der Waals surface area contributed by atoms with Gasteiger partial charge < -0.3 is 14.4 Å². The first-order valence-corrected chi connectivity index (χ1v) is 23.6. The number of ether oxygens (including phenoxy) is 2. The number of aryl methyl sites for hydroxylation is 1. The summed E-state index contributed by atoms with van der Waals surface area (Å²) in [5.74, 6) is -0.844. The number of pyridine rings is 1. The summed E-state index contributed by atoms with van der Waals surface area (Å²) in [6, 6.07) is 10.9. The third-order valence-corrected chi connectivity index (χ3v) is 15.4. The predicted octanol–water partition coefficient (Wildman–Crippen LogP) is 8.24. The zero-order valence-corrected chi connectivity index (χ0v) is 36.2. The maximum Gasteiger partial charge on any atom is 0.240 e. The summed E-state index contributed by atoms with van der Waals surface area (Å²) < 4.78 is 54.8. The molecule has 1 saturated heterocycles. The molecule has 3 fully saturated rings. The molecule has 4 aromatic rings. The molecule has 2 saturated carbocycles. The predicted molar refractivity (Wildman–Crippen MR) is 229 cm³/mol. The van der Waals surface area contributed by atoms with Crippen molar-refractivity contribution in [1.82, 2.24) is 19.6 Å². The van der Waals surface area contributed by atoms with Gasteiger partial charge in [0.2, 0.25) is 21.8 Å². The van der Waals surface area contributed by atoms with E-state index in [2.05, 4.69) is 18.6 Å². The Kier molecular flexibility index (Phi) is 11.9. The van der Waals surface area contributed by atoms with E-state index in [1.807, 2.05) is 42.7 Å². The third kappa shape index (κ3) is 8.72. The van der Waals surface area contributed by atoms with Crippen molar-refractivity contribution in [2.45, 2.75) is 115 Å². The molecule has 2 aliphatic carbocycles. The molecular weight excluding hydrogens is 804 g/mol. The number of ketones is 1. The van der Waals surface area contributed by atoms with E-state index in [1.54, 1.807) is 24.1 Å². The summed E-state index contributed by atoms with van der Waals surface area (Å²) in [4.78, 5) is 55.2. The smallest absolute Gasteiger partial charge is 0.240 e. The summed E-state index contributed by atoms with van der Waals surface area (Å²) >= 11 is 1.50. The number of thiazole rings is 1. The fourth-order valence-electron chi connectivity index (χ4n) is 8.88. The van der Waals surface area contributed by atoms with Gasteiger partial charge in [0.15, 0.2) is 5.78 Å². The van der Waals surface area contributed by atoms with Crippen LogP contribution in [0.1, 0.15) is 101 Å². The van der Waals surface area contributed by atoms with Gasteiger partial charge in [-0.15, -0.1) is 11.3 Å². The highest BCUT2D eigenvalue weighted by atomic mass is 32.2. The molecule has 14 heteroatoms. The minimum Gasteiger partial charge on any atom is -0.496 e. The second kappa shape index (κ2) is 17.0. The zero-order chi connectivity index (χ0) is 42.3. The van der Waals surface area contributed by atoms with Crippen molar-refractivity contribution in [3.63, 3.8) is 0 Å². The van der Waals surface area contributed by atoms with E-state index in [0.717, 1.165) is 52.9 Å². The second-order valence-electron chi connectivity index (χ2n) is 17.4. The molecule has 0 radical (unpaired) electrons. The molecular formula is C46H53FN4O7S2. The van der Waals surface area contributed by atoms with Gasteiger partial charge in [0.1, 0.15) is 34.1 Å². The lowest BCUT2D eigenvalue weighted by molar-refractivity contribution is -0.142. The van der Waals surface area contributed by atoms with Gasteiger partial charge in [-0.3, -0.25) is 19.1 Å². The quantitative estimate of drug-likeness (QED) is 0.156. The van der Waals surface area contributed by atoms with E-state index in [9.17, 15) is 27.2 Å². The highest BCUT2D eigenvalue weighted by Gasteiger charge is 2.61. The number of fused-ring (bicyclic) bond motifs is 3. The summed E-state index contributed by atoms with van der Waals surface area (Å²) in [6.07, 6.45) is 8.99. The van der Waals surface area contributed by atoms with Crippen LogP contribution in [0.25, 0.3) is 21.6 Å². The Bertz CT molecular complexity index is 2430. The third-order valence-electron chi connectivity index (χ3n) is 12.7. The van der Waals surface area contributed by atoms with Crippen molar-refractivity contribution < 1.29 is 36.7 Å². The number of nitrogens with one attached hydrogen (secondary N) is 1. The van der Waals surface area contributed by atoms with Crippen molar-refractivity contribution in [2.24, 2.45) is 17.3 Å². The average Bonchev–Trinajstić information content (AvgIpc) is 4.10. The Morgan fingerprint density at radius 3 is 2.55 bits per heavy atom. The minimum absolute atomic E-state index is 0.122. The molecule has 2 aromatic carbocycles. The van der Waals surface area contributed by atoms with Crippen LogP contribution in [0.15, 0.2) is 60.0 Å². The number of benzene rings is 2. The zero-order valence-electron chi connectivity index (χ0n) is 34.6. The van der Waals surface area contributed by atoms with E-state index >= 15 is 0 Å². The van der Waals surface area contributed by atoms with E-state index in [-0.39, 0.29) is 48.7 Å². The first-order valence-electron chi connectivity index (χ1n) is 21.2. The fraction of sp³-hybridized carbons (Fsp3) is 0.500. The summed E-state index contributed by atoms with van der Waals surface area (Å²) in [6.45, 7) is 6.24. The lowest BCUT2D eigenvalue weighted by Gasteiger charge is -2.29. The molecule has 0 bridgehead atoms. The van der Waals surface area contributed by atoms with Crippen molar-refractivity contribution in [2.75, 3.05) is 13.7 Å². The van der Waals surface area contributed by atoms with E-state index < -0.39 is 44.7 Å². The summed E-state index contributed by atoms with van der Waals surface area (Å²) in [5.41, 5.74) is 2.70. The Balaban J connectivity index is 1.15. The monoisotopic (exact) mass is 856 g/mol. The number of allylic oxidation sites excluding steroid dienone is 2. The first kappa shape index (κ1) is 42.0. The molecule has 4 heterocycles. The van der Waals surface area contributed by atoms with Crippen LogP contribution in [0.3, 0.4) is 0 Å². The molecule has 0 unspecified atom stereocenters. The van der Waals surface area contributed by atoms with Gasteiger partial charge in [-0.25, -0.2) is 22.8 Å². The Labute approximate surface area is 355 Å². The maximum atomic E-state index is 14.9. The molecule has 318 valence electrons. The number of hydrogen-bond acceptors (Lipinski definition) is 10. The van der Waals surface area contributed by atoms with Crippen molar-refractivity contribution >= 4 is 49.9 Å². The van der Waals surface area contributed by atoms with Gasteiger partial charge >= 0.3 is 0 Å². The fourth-order valence-corrected chi connectivity index (χ4v) is 11.2. The molecule has 2 aromatic heterocycles. The van der Waals surface area contributed by atoms with Crippen molar-refractivity contribution in [1.29, 1.82) is 0 Å². The number of sulfonamides is 1. The van der Waals surface area contributed by atoms with Crippen LogP contribution in [0.5, 0.6) is 11.5 Å². The SMILES string of the molecule is COc1ccc2c(O[C@@H]3C[C@H]4C(=O)C[C@]5(C(=O)NS(=O)(=O)C6CC6)C[C@H]5/C=C\CCCCC[C@H](Cc5ccc(F)cc5)C(=O)N4C3)cc(-c3nc(C(C)C)cs3)nc2c1C. The van der Waals surface area contributed by atoms with Crippen LogP contribution in [0, 0.1) is 30.0 Å². The van der Waals surface area contributed by atoms with Gasteiger partial charge in [0.25, 0.3) is 0 Å².